The van der Waals surface area contributed by atoms with Gasteiger partial charge in [0.15, 0.2) is 0 Å². The van der Waals surface area contributed by atoms with Gasteiger partial charge in [-0.15, -0.1) is 0 Å². The van der Waals surface area contributed by atoms with Crippen LogP contribution >= 0.6 is 0 Å². The molecule has 0 bridgehead atoms. The molecule has 0 spiro atoms. The van der Waals surface area contributed by atoms with Crippen LogP contribution in [0.25, 0.3) is 21.9 Å². The van der Waals surface area contributed by atoms with E-state index in [0.29, 0.717) is 0 Å². The van der Waals surface area contributed by atoms with Crippen molar-refractivity contribution in [3.63, 3.8) is 0 Å². The summed E-state index contributed by atoms with van der Waals surface area (Å²) in [5.41, 5.74) is -3.24. The summed E-state index contributed by atoms with van der Waals surface area (Å²) in [5.74, 6) is -13.1. The lowest BCUT2D eigenvalue weighted by molar-refractivity contribution is -0.596. The van der Waals surface area contributed by atoms with Gasteiger partial charge < -0.3 is 28.5 Å². The zero-order valence-corrected chi connectivity index (χ0v) is 27.5. The van der Waals surface area contributed by atoms with Crippen molar-refractivity contribution in [3.05, 3.63) is 140 Å². The first-order valence-electron chi connectivity index (χ1n) is 16.2. The monoisotopic (exact) mass is 738 g/mol. The maximum Gasteiger partial charge on any atom is 0.343 e. The Hall–Kier alpha value is -6.40. The molecule has 54 heavy (non-hydrogen) atoms. The van der Waals surface area contributed by atoms with Gasteiger partial charge in [-0.05, 0) is 48.5 Å². The molecule has 4 aromatic carbocycles. The third-order valence-corrected chi connectivity index (χ3v) is 9.56. The normalized spacial score (nSPS) is 22.0. The summed E-state index contributed by atoms with van der Waals surface area (Å²) >= 11 is 0. The van der Waals surface area contributed by atoms with Gasteiger partial charge in [0.05, 0.1) is 33.0 Å². The van der Waals surface area contributed by atoms with Crippen molar-refractivity contribution in [2.75, 3.05) is 0 Å². The molecule has 16 nitrogen and oxygen atoms in total. The maximum absolute atomic E-state index is 13.8. The number of benzene rings is 4. The lowest BCUT2D eigenvalue weighted by Crippen LogP contribution is -2.55. The predicted octanol–water partition coefficient (Wildman–Crippen LogP) is 4.80. The minimum atomic E-state index is -2.80. The van der Waals surface area contributed by atoms with Gasteiger partial charge in [-0.2, -0.15) is 19.6 Å². The van der Waals surface area contributed by atoms with Gasteiger partial charge in [0, 0.05) is 12.8 Å². The standard InChI is InChI=1S/C38H26O16/c39-31-19-9-1-5-13-27(19)47-33(41)21(31)17-25-35(43)49-29-15-7-3-11-23(29)37(25,51-45)53-54-38(52-46)24-12-4-8-16-30(24)50-36(44)26(38)18-22-32(40)20-10-2-6-14-28(20)48-34(22)42/h1-16,25-26,39-40,45-46H,17-18H2. The molecular weight excluding hydrogens is 712 g/mol. The maximum atomic E-state index is 13.8. The van der Waals surface area contributed by atoms with E-state index in [2.05, 4.69) is 0 Å². The number of hydrogen-bond acceptors (Lipinski definition) is 16. The molecule has 0 saturated carbocycles. The van der Waals surface area contributed by atoms with E-state index < -0.39 is 82.1 Å². The minimum Gasteiger partial charge on any atom is -0.507 e. The Bertz CT molecular complexity index is 2420. The van der Waals surface area contributed by atoms with Gasteiger partial charge in [0.25, 0.3) is 11.6 Å². The van der Waals surface area contributed by atoms with Gasteiger partial charge in [-0.3, -0.25) is 9.59 Å². The van der Waals surface area contributed by atoms with Crippen molar-refractivity contribution in [1.29, 1.82) is 0 Å². The lowest BCUT2D eigenvalue weighted by Gasteiger charge is -2.43. The lowest BCUT2D eigenvalue weighted by atomic mass is 9.83. The first-order valence-corrected chi connectivity index (χ1v) is 16.2. The first-order chi connectivity index (χ1) is 26.1. The Balaban J connectivity index is 1.26. The van der Waals surface area contributed by atoms with E-state index in [1.807, 2.05) is 0 Å². The Kier molecular flexibility index (Phi) is 8.49. The molecule has 16 heteroatoms. The minimum absolute atomic E-state index is 0.0481. The third-order valence-electron chi connectivity index (χ3n) is 9.56. The average Bonchev–Trinajstić information content (AvgIpc) is 3.18. The summed E-state index contributed by atoms with van der Waals surface area (Å²) < 4.78 is 21.8. The molecule has 0 saturated heterocycles. The van der Waals surface area contributed by atoms with Crippen LogP contribution in [0.15, 0.2) is 115 Å². The first kappa shape index (κ1) is 34.7. The fourth-order valence-corrected chi connectivity index (χ4v) is 6.87. The summed E-state index contributed by atoms with van der Waals surface area (Å²) in [6.07, 6.45) is -1.51. The number of aromatic hydroxyl groups is 2. The summed E-state index contributed by atoms with van der Waals surface area (Å²) in [5, 5.41) is 44.0. The number of hydrogen-bond donors (Lipinski definition) is 4. The second kappa shape index (κ2) is 13.2. The number of fused-ring (bicyclic) bond motifs is 4. The van der Waals surface area contributed by atoms with Gasteiger partial charge in [0.1, 0.15) is 46.0 Å². The van der Waals surface area contributed by atoms with E-state index in [9.17, 15) is 39.9 Å². The topological polar surface area (TPSA) is 231 Å². The molecule has 2 aromatic heterocycles. The Morgan fingerprint density at radius 3 is 1.31 bits per heavy atom. The van der Waals surface area contributed by atoms with Gasteiger partial charge in [-0.1, -0.05) is 48.5 Å². The highest BCUT2D eigenvalue weighted by molar-refractivity contribution is 5.86. The molecule has 4 heterocycles. The number of carbonyl (C=O) groups excluding carboxylic acids is 2. The van der Waals surface area contributed by atoms with E-state index in [0.717, 1.165) is 0 Å². The van der Waals surface area contributed by atoms with Gasteiger partial charge >= 0.3 is 23.2 Å². The fraction of sp³-hybridized carbons (Fsp3) is 0.158. The summed E-state index contributed by atoms with van der Waals surface area (Å²) in [6, 6.07) is 23.4. The number of rotatable bonds is 9. The van der Waals surface area contributed by atoms with Gasteiger partial charge in [-0.25, -0.2) is 20.1 Å². The van der Waals surface area contributed by atoms with Gasteiger partial charge in [0.2, 0.25) is 0 Å². The summed E-state index contributed by atoms with van der Waals surface area (Å²) in [7, 11) is 0. The van der Waals surface area contributed by atoms with Crippen molar-refractivity contribution in [2.45, 2.75) is 24.4 Å². The van der Waals surface area contributed by atoms with Crippen molar-refractivity contribution >= 4 is 33.9 Å². The third kappa shape index (κ3) is 5.32. The van der Waals surface area contributed by atoms with E-state index in [4.69, 9.17) is 37.9 Å². The Labute approximate surface area is 301 Å². The van der Waals surface area contributed by atoms with Crippen LogP contribution in [-0.4, -0.2) is 32.7 Å². The molecule has 2 aliphatic heterocycles. The number of carbonyl (C=O) groups is 2. The SMILES string of the molecule is O=C1Oc2ccccc2C(OO)(OOC2(OO)c3ccccc3OC(=O)C2Cc2c(O)c3ccccc3oc2=O)C1Cc1c(O)c2ccccc2oc1=O. The number of ether oxygens (including phenoxy) is 2. The van der Waals surface area contributed by atoms with Crippen molar-refractivity contribution < 1.29 is 68.2 Å². The average molecular weight is 739 g/mol. The van der Waals surface area contributed by atoms with Crippen LogP contribution in [0, 0.1) is 11.8 Å². The van der Waals surface area contributed by atoms with Crippen LogP contribution in [0.5, 0.6) is 23.0 Å². The highest BCUT2D eigenvalue weighted by Gasteiger charge is 2.61. The molecule has 4 unspecified atom stereocenters. The quantitative estimate of drug-likeness (QED) is 0.0390. The van der Waals surface area contributed by atoms with Crippen molar-refractivity contribution in [3.8, 4) is 23.0 Å². The Morgan fingerprint density at radius 2 is 0.907 bits per heavy atom. The van der Waals surface area contributed by atoms with E-state index >= 15 is 0 Å². The predicted molar refractivity (Wildman–Crippen MR) is 180 cm³/mol. The molecule has 0 aliphatic carbocycles. The van der Waals surface area contributed by atoms with E-state index in [1.165, 1.54) is 72.8 Å². The van der Waals surface area contributed by atoms with Crippen LogP contribution in [0.2, 0.25) is 0 Å². The largest absolute Gasteiger partial charge is 0.507 e. The van der Waals surface area contributed by atoms with E-state index in [1.54, 1.807) is 24.3 Å². The van der Waals surface area contributed by atoms with Crippen LogP contribution in [-0.2, 0) is 53.6 Å². The molecule has 0 fully saturated rings. The van der Waals surface area contributed by atoms with Crippen molar-refractivity contribution in [2.24, 2.45) is 11.8 Å². The summed E-state index contributed by atoms with van der Waals surface area (Å²) in [4.78, 5) is 75.5. The molecule has 4 N–H and O–H groups in total. The number of para-hydroxylation sites is 4. The zero-order chi connectivity index (χ0) is 37.8. The van der Waals surface area contributed by atoms with Crippen LogP contribution < -0.4 is 20.7 Å². The Morgan fingerprint density at radius 1 is 0.537 bits per heavy atom. The molecular formula is C38H26O16. The molecule has 0 radical (unpaired) electrons. The molecule has 8 rings (SSSR count). The second-order valence-corrected chi connectivity index (χ2v) is 12.5. The number of esters is 2. The molecule has 4 atom stereocenters. The molecule has 6 aromatic rings. The molecule has 2 aliphatic rings. The van der Waals surface area contributed by atoms with Crippen LogP contribution in [0.1, 0.15) is 22.3 Å². The van der Waals surface area contributed by atoms with Crippen molar-refractivity contribution in [1.82, 2.24) is 0 Å². The highest BCUT2D eigenvalue weighted by Crippen LogP contribution is 2.51. The van der Waals surface area contributed by atoms with Crippen LogP contribution in [0.3, 0.4) is 0 Å². The summed E-state index contributed by atoms with van der Waals surface area (Å²) in [6.45, 7) is 0. The fourth-order valence-electron chi connectivity index (χ4n) is 6.87. The highest BCUT2D eigenvalue weighted by atomic mass is 17.3. The van der Waals surface area contributed by atoms with E-state index in [-0.39, 0.29) is 44.6 Å². The smallest absolute Gasteiger partial charge is 0.343 e. The molecule has 274 valence electrons. The van der Waals surface area contributed by atoms with Crippen LogP contribution in [0.4, 0.5) is 0 Å². The zero-order valence-electron chi connectivity index (χ0n) is 27.5. The second-order valence-electron chi connectivity index (χ2n) is 12.5. The molecule has 0 amide bonds.